The highest BCUT2D eigenvalue weighted by atomic mass is 16.5. The Morgan fingerprint density at radius 2 is 2.50 bits per heavy atom. The van der Waals surface area contributed by atoms with Crippen LogP contribution in [0.15, 0.2) is 18.3 Å². The lowest BCUT2D eigenvalue weighted by Crippen LogP contribution is -2.39. The summed E-state index contributed by atoms with van der Waals surface area (Å²) in [5.74, 6) is 0.938. The summed E-state index contributed by atoms with van der Waals surface area (Å²) in [4.78, 5) is 6.56. The van der Waals surface area contributed by atoms with Gasteiger partial charge in [0.1, 0.15) is 5.82 Å². The summed E-state index contributed by atoms with van der Waals surface area (Å²) in [7, 11) is 1.76. The first-order valence-corrected chi connectivity index (χ1v) is 5.67. The standard InChI is InChI=1S/C12H18N2O2/c1-16-11-3-2-6-14(8-11)12-7-10(9-15)4-5-13-12/h4-5,7,11,15H,2-3,6,8-9H2,1H3. The van der Waals surface area contributed by atoms with Gasteiger partial charge in [-0.05, 0) is 30.5 Å². The highest BCUT2D eigenvalue weighted by Crippen LogP contribution is 2.19. The van der Waals surface area contributed by atoms with Crippen LogP contribution in [-0.4, -0.2) is 36.4 Å². The average molecular weight is 222 g/mol. The van der Waals surface area contributed by atoms with Crippen molar-refractivity contribution in [3.05, 3.63) is 23.9 Å². The normalized spacial score (nSPS) is 21.1. The van der Waals surface area contributed by atoms with E-state index >= 15 is 0 Å². The van der Waals surface area contributed by atoms with Crippen LogP contribution in [0.4, 0.5) is 5.82 Å². The first-order valence-electron chi connectivity index (χ1n) is 5.67. The van der Waals surface area contributed by atoms with Crippen molar-refractivity contribution in [2.45, 2.75) is 25.6 Å². The van der Waals surface area contributed by atoms with Crippen LogP contribution in [-0.2, 0) is 11.3 Å². The number of methoxy groups -OCH3 is 1. The van der Waals surface area contributed by atoms with Crippen molar-refractivity contribution in [2.75, 3.05) is 25.1 Å². The summed E-state index contributed by atoms with van der Waals surface area (Å²) in [6.45, 7) is 1.97. The molecule has 1 atom stereocenters. The second kappa shape index (κ2) is 5.27. The van der Waals surface area contributed by atoms with Gasteiger partial charge in [0, 0.05) is 26.4 Å². The smallest absolute Gasteiger partial charge is 0.128 e. The zero-order valence-corrected chi connectivity index (χ0v) is 9.59. The number of pyridine rings is 1. The molecule has 1 N–H and O–H groups in total. The number of hydrogen-bond acceptors (Lipinski definition) is 4. The van der Waals surface area contributed by atoms with Crippen molar-refractivity contribution in [1.82, 2.24) is 4.98 Å². The number of hydrogen-bond donors (Lipinski definition) is 1. The molecule has 1 aliphatic heterocycles. The molecule has 1 fully saturated rings. The van der Waals surface area contributed by atoms with E-state index in [0.717, 1.165) is 37.3 Å². The third-order valence-electron chi connectivity index (χ3n) is 3.03. The Morgan fingerprint density at radius 1 is 1.62 bits per heavy atom. The molecule has 2 heterocycles. The Morgan fingerprint density at radius 3 is 3.25 bits per heavy atom. The van der Waals surface area contributed by atoms with Crippen LogP contribution in [0.3, 0.4) is 0 Å². The fourth-order valence-electron chi connectivity index (χ4n) is 2.07. The van der Waals surface area contributed by atoms with Crippen molar-refractivity contribution < 1.29 is 9.84 Å². The number of aliphatic hydroxyl groups excluding tert-OH is 1. The van der Waals surface area contributed by atoms with Crippen molar-refractivity contribution in [3.8, 4) is 0 Å². The molecule has 1 saturated heterocycles. The minimum Gasteiger partial charge on any atom is -0.392 e. The van der Waals surface area contributed by atoms with Crippen LogP contribution in [0.25, 0.3) is 0 Å². The lowest BCUT2D eigenvalue weighted by Gasteiger charge is -2.32. The highest BCUT2D eigenvalue weighted by Gasteiger charge is 2.20. The molecule has 16 heavy (non-hydrogen) atoms. The SMILES string of the molecule is COC1CCCN(c2cc(CO)ccn2)C1. The van der Waals surface area contributed by atoms with E-state index in [2.05, 4.69) is 9.88 Å². The fourth-order valence-corrected chi connectivity index (χ4v) is 2.07. The van der Waals surface area contributed by atoms with Gasteiger partial charge in [-0.25, -0.2) is 4.98 Å². The molecule has 88 valence electrons. The molecule has 1 aliphatic rings. The molecule has 0 aromatic carbocycles. The summed E-state index contributed by atoms with van der Waals surface area (Å²) >= 11 is 0. The van der Waals surface area contributed by atoms with Crippen LogP contribution in [0.2, 0.25) is 0 Å². The number of aliphatic hydroxyl groups is 1. The molecule has 0 radical (unpaired) electrons. The topological polar surface area (TPSA) is 45.6 Å². The van der Waals surface area contributed by atoms with E-state index in [1.54, 1.807) is 13.3 Å². The molecule has 2 rings (SSSR count). The van der Waals surface area contributed by atoms with Crippen molar-refractivity contribution in [3.63, 3.8) is 0 Å². The largest absolute Gasteiger partial charge is 0.392 e. The Hall–Kier alpha value is -1.13. The van der Waals surface area contributed by atoms with Crippen LogP contribution in [0.5, 0.6) is 0 Å². The van der Waals surface area contributed by atoms with E-state index in [-0.39, 0.29) is 6.61 Å². The summed E-state index contributed by atoms with van der Waals surface area (Å²) in [6, 6.07) is 3.78. The van der Waals surface area contributed by atoms with Gasteiger partial charge in [0.25, 0.3) is 0 Å². The van der Waals surface area contributed by atoms with Gasteiger partial charge < -0.3 is 14.7 Å². The number of aromatic nitrogens is 1. The Labute approximate surface area is 95.9 Å². The molecule has 4 nitrogen and oxygen atoms in total. The maximum atomic E-state index is 9.09. The molecule has 1 unspecified atom stereocenters. The Kier molecular flexibility index (Phi) is 3.74. The quantitative estimate of drug-likeness (QED) is 0.834. The van der Waals surface area contributed by atoms with Gasteiger partial charge in [0.05, 0.1) is 12.7 Å². The number of rotatable bonds is 3. The maximum Gasteiger partial charge on any atom is 0.128 e. The van der Waals surface area contributed by atoms with Gasteiger partial charge in [0.2, 0.25) is 0 Å². The first kappa shape index (κ1) is 11.4. The van der Waals surface area contributed by atoms with E-state index in [9.17, 15) is 0 Å². The second-order valence-corrected chi connectivity index (χ2v) is 4.13. The molecule has 0 spiro atoms. The average Bonchev–Trinajstić information content (AvgIpc) is 2.39. The minimum absolute atomic E-state index is 0.0665. The zero-order valence-electron chi connectivity index (χ0n) is 9.59. The van der Waals surface area contributed by atoms with Gasteiger partial charge >= 0.3 is 0 Å². The fraction of sp³-hybridized carbons (Fsp3) is 0.583. The molecule has 0 bridgehead atoms. The van der Waals surface area contributed by atoms with Crippen LogP contribution in [0.1, 0.15) is 18.4 Å². The molecular weight excluding hydrogens is 204 g/mol. The third-order valence-corrected chi connectivity index (χ3v) is 3.03. The maximum absolute atomic E-state index is 9.09. The van der Waals surface area contributed by atoms with Crippen LogP contribution < -0.4 is 4.90 Å². The number of nitrogens with zero attached hydrogens (tertiary/aromatic N) is 2. The zero-order chi connectivity index (χ0) is 11.4. The van der Waals surface area contributed by atoms with E-state index in [1.807, 2.05) is 12.1 Å². The van der Waals surface area contributed by atoms with E-state index < -0.39 is 0 Å². The predicted octanol–water partition coefficient (Wildman–Crippen LogP) is 1.19. The second-order valence-electron chi connectivity index (χ2n) is 4.13. The first-order chi connectivity index (χ1) is 7.83. The van der Waals surface area contributed by atoms with E-state index in [0.29, 0.717) is 6.10 Å². The molecule has 0 amide bonds. The van der Waals surface area contributed by atoms with Crippen molar-refractivity contribution in [2.24, 2.45) is 0 Å². The number of anilines is 1. The monoisotopic (exact) mass is 222 g/mol. The van der Waals surface area contributed by atoms with Gasteiger partial charge in [-0.2, -0.15) is 0 Å². The van der Waals surface area contributed by atoms with Crippen molar-refractivity contribution in [1.29, 1.82) is 0 Å². The van der Waals surface area contributed by atoms with Gasteiger partial charge in [-0.3, -0.25) is 0 Å². The molecule has 0 saturated carbocycles. The van der Waals surface area contributed by atoms with Gasteiger partial charge in [0.15, 0.2) is 0 Å². The summed E-state index contributed by atoms with van der Waals surface area (Å²) < 4.78 is 5.38. The van der Waals surface area contributed by atoms with Gasteiger partial charge in [-0.1, -0.05) is 0 Å². The summed E-state index contributed by atoms with van der Waals surface area (Å²) in [5, 5.41) is 9.09. The molecule has 1 aromatic rings. The van der Waals surface area contributed by atoms with Crippen LogP contribution in [0, 0.1) is 0 Å². The highest BCUT2D eigenvalue weighted by molar-refractivity contribution is 5.41. The molecule has 0 aliphatic carbocycles. The van der Waals surface area contributed by atoms with E-state index in [1.165, 1.54) is 0 Å². The molecule has 4 heteroatoms. The molecular formula is C12H18N2O2. The lowest BCUT2D eigenvalue weighted by atomic mass is 10.1. The molecule has 1 aromatic heterocycles. The van der Waals surface area contributed by atoms with Crippen LogP contribution >= 0.6 is 0 Å². The summed E-state index contributed by atoms with van der Waals surface area (Å²) in [6.07, 6.45) is 4.29. The van der Waals surface area contributed by atoms with Gasteiger partial charge in [-0.15, -0.1) is 0 Å². The minimum atomic E-state index is 0.0665. The van der Waals surface area contributed by atoms with E-state index in [4.69, 9.17) is 9.84 Å². The summed E-state index contributed by atoms with van der Waals surface area (Å²) in [5.41, 5.74) is 0.907. The number of ether oxygens (including phenoxy) is 1. The van der Waals surface area contributed by atoms with Crippen molar-refractivity contribution >= 4 is 5.82 Å². The Balaban J connectivity index is 2.10. The predicted molar refractivity (Wildman–Crippen MR) is 62.4 cm³/mol. The Bertz CT molecular complexity index is 344. The third kappa shape index (κ3) is 2.51. The lowest BCUT2D eigenvalue weighted by molar-refractivity contribution is 0.0891. The number of piperidine rings is 1.